The van der Waals surface area contributed by atoms with Gasteiger partial charge in [-0.1, -0.05) is 116 Å². The number of rotatable bonds is 5. The van der Waals surface area contributed by atoms with Crippen molar-refractivity contribution >= 4 is 32.3 Å². The van der Waals surface area contributed by atoms with E-state index in [9.17, 15) is 0 Å². The fraction of sp³-hybridized carbons (Fsp3) is 0.103. The van der Waals surface area contributed by atoms with Gasteiger partial charge in [-0.15, -0.1) is 0 Å². The van der Waals surface area contributed by atoms with Gasteiger partial charge in [0, 0.05) is 18.0 Å². The van der Waals surface area contributed by atoms with Crippen LogP contribution in [-0.2, 0) is 6.42 Å². The lowest BCUT2D eigenvalue weighted by Gasteiger charge is -2.18. The molecule has 0 saturated heterocycles. The zero-order chi connectivity index (χ0) is 27.1. The average Bonchev–Trinajstić information content (AvgIpc) is 3.00. The quantitative estimate of drug-likeness (QED) is 0.209. The Labute approximate surface area is 235 Å². The fourth-order valence-corrected chi connectivity index (χ4v) is 6.23. The van der Waals surface area contributed by atoms with Crippen molar-refractivity contribution in [2.24, 2.45) is 0 Å². The maximum atomic E-state index is 4.36. The molecule has 1 aromatic heterocycles. The second-order valence-electron chi connectivity index (χ2n) is 10.8. The van der Waals surface area contributed by atoms with Crippen LogP contribution >= 0.6 is 0 Å². The molecule has 0 radical (unpaired) electrons. The molecule has 7 aromatic rings. The summed E-state index contributed by atoms with van der Waals surface area (Å²) in [5.74, 6) is 0. The third kappa shape index (κ3) is 4.15. The molecule has 0 aliphatic rings. The zero-order valence-corrected chi connectivity index (χ0v) is 23.0. The average molecular weight is 514 g/mol. The topological polar surface area (TPSA) is 12.9 Å². The van der Waals surface area contributed by atoms with Gasteiger partial charge in [0.15, 0.2) is 0 Å². The highest BCUT2D eigenvalue weighted by atomic mass is 14.6. The van der Waals surface area contributed by atoms with Crippen molar-refractivity contribution in [3.63, 3.8) is 0 Å². The van der Waals surface area contributed by atoms with Gasteiger partial charge in [0.25, 0.3) is 0 Å². The van der Waals surface area contributed by atoms with Crippen molar-refractivity contribution in [1.29, 1.82) is 0 Å². The van der Waals surface area contributed by atoms with E-state index in [1.54, 1.807) is 0 Å². The van der Waals surface area contributed by atoms with E-state index < -0.39 is 0 Å². The monoisotopic (exact) mass is 513 g/mol. The second kappa shape index (κ2) is 10.1. The van der Waals surface area contributed by atoms with E-state index in [-0.39, 0.29) is 0 Å². The molecule has 0 unspecified atom stereocenters. The van der Waals surface area contributed by atoms with E-state index >= 15 is 0 Å². The number of aromatic nitrogens is 1. The van der Waals surface area contributed by atoms with Gasteiger partial charge in [0.05, 0.1) is 0 Å². The van der Waals surface area contributed by atoms with Crippen LogP contribution in [0.5, 0.6) is 0 Å². The molecule has 7 rings (SSSR count). The van der Waals surface area contributed by atoms with Crippen LogP contribution in [-0.4, -0.2) is 4.98 Å². The summed E-state index contributed by atoms with van der Waals surface area (Å²) in [7, 11) is 0. The van der Waals surface area contributed by atoms with Crippen LogP contribution in [0.3, 0.4) is 0 Å². The zero-order valence-electron chi connectivity index (χ0n) is 23.0. The molecule has 0 fully saturated rings. The Morgan fingerprint density at radius 2 is 1.12 bits per heavy atom. The molecule has 0 aliphatic heterocycles. The smallest absolute Gasteiger partial charge is 0.0349 e. The largest absolute Gasteiger partial charge is 0.264 e. The Bertz CT molecular complexity index is 1960. The predicted octanol–water partition coefficient (Wildman–Crippen LogP) is 10.8. The number of benzene rings is 6. The highest BCUT2D eigenvalue weighted by Crippen LogP contribution is 2.44. The molecule has 0 spiro atoms. The number of hydrogen-bond donors (Lipinski definition) is 0. The van der Waals surface area contributed by atoms with Crippen LogP contribution in [0.2, 0.25) is 0 Å². The van der Waals surface area contributed by atoms with E-state index in [2.05, 4.69) is 134 Å². The van der Waals surface area contributed by atoms with Crippen LogP contribution in [0.15, 0.2) is 128 Å². The third-order valence-electron chi connectivity index (χ3n) is 8.19. The molecule has 6 aromatic carbocycles. The summed E-state index contributed by atoms with van der Waals surface area (Å²) in [5.41, 5.74) is 10.1. The van der Waals surface area contributed by atoms with Crippen LogP contribution in [0.4, 0.5) is 0 Å². The molecule has 1 heteroatoms. The van der Waals surface area contributed by atoms with Crippen LogP contribution in [0.1, 0.15) is 24.5 Å². The molecule has 0 amide bonds. The van der Waals surface area contributed by atoms with Gasteiger partial charge < -0.3 is 0 Å². The van der Waals surface area contributed by atoms with E-state index in [0.717, 1.165) is 12.8 Å². The molecule has 1 nitrogen and oxygen atoms in total. The molecule has 0 N–H and O–H groups in total. The summed E-state index contributed by atoms with van der Waals surface area (Å²) in [5, 5.41) is 7.72. The van der Waals surface area contributed by atoms with Crippen molar-refractivity contribution in [3.8, 4) is 33.4 Å². The van der Waals surface area contributed by atoms with E-state index in [0.29, 0.717) is 0 Å². The lowest BCUT2D eigenvalue weighted by Crippen LogP contribution is -1.91. The molecule has 192 valence electrons. The molecule has 0 saturated carbocycles. The van der Waals surface area contributed by atoms with Crippen molar-refractivity contribution in [2.75, 3.05) is 0 Å². The SMILES string of the molecule is CCCc1ccc2ccc(-c3c4ccccc4c(-c4ccc(-c5cnccc5C)cc4)c4ccccc34)cc2c1. The van der Waals surface area contributed by atoms with Gasteiger partial charge in [-0.3, -0.25) is 4.98 Å². The van der Waals surface area contributed by atoms with E-state index in [1.165, 1.54) is 76.8 Å². The van der Waals surface area contributed by atoms with Crippen LogP contribution in [0, 0.1) is 6.92 Å². The Balaban J connectivity index is 1.46. The molecule has 0 bridgehead atoms. The summed E-state index contributed by atoms with van der Waals surface area (Å²) in [4.78, 5) is 4.36. The minimum atomic E-state index is 1.11. The normalized spacial score (nSPS) is 11.4. The first-order valence-electron chi connectivity index (χ1n) is 14.2. The first-order chi connectivity index (χ1) is 19.7. The number of hydrogen-bond acceptors (Lipinski definition) is 1. The summed E-state index contributed by atoms with van der Waals surface area (Å²) in [6, 6.07) is 42.7. The standard InChI is InChI=1S/C39H31N/c1-3-8-27-13-14-28-15-20-31(24-32(28)23-27)39-35-11-6-4-9-33(35)38(34-10-5-7-12-36(34)39)30-18-16-29(17-19-30)37-25-40-22-21-26(37)2/h4-7,9-25H,3,8H2,1-2H3. The summed E-state index contributed by atoms with van der Waals surface area (Å²) in [6.45, 7) is 4.38. The van der Waals surface area contributed by atoms with Gasteiger partial charge in [-0.25, -0.2) is 0 Å². The van der Waals surface area contributed by atoms with Gasteiger partial charge >= 0.3 is 0 Å². The summed E-state index contributed by atoms with van der Waals surface area (Å²) >= 11 is 0. The number of fused-ring (bicyclic) bond motifs is 3. The fourth-order valence-electron chi connectivity index (χ4n) is 6.23. The Morgan fingerprint density at radius 3 is 1.75 bits per heavy atom. The first kappa shape index (κ1) is 24.3. The maximum absolute atomic E-state index is 4.36. The van der Waals surface area contributed by atoms with Gasteiger partial charge in [-0.05, 0) is 96.7 Å². The Kier molecular flexibility index (Phi) is 6.13. The van der Waals surface area contributed by atoms with Crippen LogP contribution in [0.25, 0.3) is 65.7 Å². The molecular formula is C39H31N. The second-order valence-corrected chi connectivity index (χ2v) is 10.8. The summed E-state index contributed by atoms with van der Waals surface area (Å²) in [6.07, 6.45) is 6.08. The Hall–Kier alpha value is -4.75. The lowest BCUT2D eigenvalue weighted by atomic mass is 9.85. The van der Waals surface area contributed by atoms with Crippen molar-refractivity contribution in [3.05, 3.63) is 139 Å². The van der Waals surface area contributed by atoms with Crippen molar-refractivity contribution < 1.29 is 0 Å². The molecule has 0 aliphatic carbocycles. The Morgan fingerprint density at radius 1 is 0.550 bits per heavy atom. The highest BCUT2D eigenvalue weighted by molar-refractivity contribution is 6.21. The minimum absolute atomic E-state index is 1.11. The molecule has 40 heavy (non-hydrogen) atoms. The van der Waals surface area contributed by atoms with Gasteiger partial charge in [0.2, 0.25) is 0 Å². The molecule has 1 heterocycles. The maximum Gasteiger partial charge on any atom is 0.0349 e. The number of nitrogens with zero attached hydrogens (tertiary/aromatic N) is 1. The highest BCUT2D eigenvalue weighted by Gasteiger charge is 2.17. The van der Waals surface area contributed by atoms with E-state index in [1.807, 2.05) is 12.4 Å². The van der Waals surface area contributed by atoms with Gasteiger partial charge in [0.1, 0.15) is 0 Å². The number of pyridine rings is 1. The molecular weight excluding hydrogens is 482 g/mol. The minimum Gasteiger partial charge on any atom is -0.264 e. The number of aryl methyl sites for hydroxylation is 2. The van der Waals surface area contributed by atoms with Crippen molar-refractivity contribution in [1.82, 2.24) is 4.98 Å². The van der Waals surface area contributed by atoms with E-state index in [4.69, 9.17) is 0 Å². The molecule has 0 atom stereocenters. The van der Waals surface area contributed by atoms with Crippen LogP contribution < -0.4 is 0 Å². The third-order valence-corrected chi connectivity index (χ3v) is 8.19. The van der Waals surface area contributed by atoms with Gasteiger partial charge in [-0.2, -0.15) is 0 Å². The lowest BCUT2D eigenvalue weighted by molar-refractivity contribution is 0.924. The predicted molar refractivity (Wildman–Crippen MR) is 172 cm³/mol. The summed E-state index contributed by atoms with van der Waals surface area (Å²) < 4.78 is 0. The first-order valence-corrected chi connectivity index (χ1v) is 14.2. The van der Waals surface area contributed by atoms with Crippen molar-refractivity contribution in [2.45, 2.75) is 26.7 Å².